The first kappa shape index (κ1) is 15.7. The highest BCUT2D eigenvalue weighted by Gasteiger charge is 2.42. The number of ether oxygens (including phenoxy) is 1. The van der Waals surface area contributed by atoms with E-state index < -0.39 is 0 Å². The van der Waals surface area contributed by atoms with Crippen molar-refractivity contribution in [1.29, 1.82) is 0 Å². The molecule has 3 rings (SSSR count). The maximum absolute atomic E-state index is 5.39. The second kappa shape index (κ2) is 6.82. The first-order valence-corrected chi connectivity index (χ1v) is 7.73. The molecule has 3 atom stereocenters. The predicted octanol–water partition coefficient (Wildman–Crippen LogP) is 4.24. The van der Waals surface area contributed by atoms with Crippen molar-refractivity contribution in [3.8, 4) is 5.75 Å². The van der Waals surface area contributed by atoms with Gasteiger partial charge in [0.25, 0.3) is 0 Å². The van der Waals surface area contributed by atoms with Crippen LogP contribution in [0, 0.1) is 0 Å². The average Bonchev–Trinajstić information content (AvgIpc) is 2.72. The molecular formula is C17H26ClNO. The number of piperidine rings is 1. The van der Waals surface area contributed by atoms with Gasteiger partial charge in [-0.25, -0.2) is 0 Å². The van der Waals surface area contributed by atoms with E-state index in [9.17, 15) is 0 Å². The molecule has 0 spiro atoms. The Morgan fingerprint density at radius 3 is 2.75 bits per heavy atom. The molecule has 0 N–H and O–H groups in total. The van der Waals surface area contributed by atoms with E-state index in [0.29, 0.717) is 5.92 Å². The molecule has 2 fully saturated rings. The first-order chi connectivity index (χ1) is 9.33. The number of fused-ring (bicyclic) bond motifs is 2. The SMILES string of the molecule is CCCN1C2CCC(c3cccc(OC)c3)C1CC2.Cl. The van der Waals surface area contributed by atoms with Crippen LogP contribution in [0.25, 0.3) is 0 Å². The number of halogens is 1. The third-order valence-corrected chi connectivity index (χ3v) is 4.97. The van der Waals surface area contributed by atoms with Gasteiger partial charge in [0.05, 0.1) is 7.11 Å². The Balaban J connectivity index is 0.00000147. The smallest absolute Gasteiger partial charge is 0.119 e. The topological polar surface area (TPSA) is 12.5 Å². The van der Waals surface area contributed by atoms with Crippen molar-refractivity contribution in [2.24, 2.45) is 0 Å². The van der Waals surface area contributed by atoms with E-state index in [0.717, 1.165) is 17.8 Å². The fraction of sp³-hybridized carbons (Fsp3) is 0.647. The van der Waals surface area contributed by atoms with Crippen LogP contribution in [0.2, 0.25) is 0 Å². The van der Waals surface area contributed by atoms with Gasteiger partial charge in [-0.1, -0.05) is 19.1 Å². The summed E-state index contributed by atoms with van der Waals surface area (Å²) in [6, 6.07) is 10.4. The average molecular weight is 296 g/mol. The largest absolute Gasteiger partial charge is 0.497 e. The lowest BCUT2D eigenvalue weighted by Gasteiger charge is -2.40. The molecule has 112 valence electrons. The van der Waals surface area contributed by atoms with Crippen LogP contribution in [0.15, 0.2) is 24.3 Å². The Morgan fingerprint density at radius 1 is 1.20 bits per heavy atom. The standard InChI is InChI=1S/C17H25NO.ClH/c1-3-11-18-14-7-9-16(17(18)10-8-14)13-5-4-6-15(12-13)19-2;/h4-6,12,14,16-17H,3,7-11H2,1-2H3;1H. The minimum absolute atomic E-state index is 0. The van der Waals surface area contributed by atoms with Crippen LogP contribution in [-0.2, 0) is 0 Å². The van der Waals surface area contributed by atoms with Gasteiger partial charge in [0, 0.05) is 12.1 Å². The summed E-state index contributed by atoms with van der Waals surface area (Å²) in [6.45, 7) is 3.57. The van der Waals surface area contributed by atoms with Gasteiger partial charge in [0.15, 0.2) is 0 Å². The van der Waals surface area contributed by atoms with Crippen LogP contribution in [0.1, 0.15) is 50.5 Å². The van der Waals surface area contributed by atoms with Crippen molar-refractivity contribution < 1.29 is 4.74 Å². The third kappa shape index (κ3) is 2.82. The number of hydrogen-bond donors (Lipinski definition) is 0. The van der Waals surface area contributed by atoms with Gasteiger partial charge in [-0.2, -0.15) is 0 Å². The molecule has 0 aromatic heterocycles. The summed E-state index contributed by atoms with van der Waals surface area (Å²) in [7, 11) is 1.76. The van der Waals surface area contributed by atoms with E-state index in [-0.39, 0.29) is 12.4 Å². The summed E-state index contributed by atoms with van der Waals surface area (Å²) in [4.78, 5) is 2.79. The van der Waals surface area contributed by atoms with Crippen molar-refractivity contribution in [3.05, 3.63) is 29.8 Å². The zero-order valence-electron chi connectivity index (χ0n) is 12.5. The van der Waals surface area contributed by atoms with Gasteiger partial charge >= 0.3 is 0 Å². The zero-order valence-corrected chi connectivity index (χ0v) is 13.4. The van der Waals surface area contributed by atoms with Gasteiger partial charge in [-0.3, -0.25) is 4.90 Å². The monoisotopic (exact) mass is 295 g/mol. The third-order valence-electron chi connectivity index (χ3n) is 4.97. The van der Waals surface area contributed by atoms with Crippen LogP contribution >= 0.6 is 12.4 Å². The molecule has 0 aliphatic carbocycles. The van der Waals surface area contributed by atoms with Gasteiger partial charge in [0.2, 0.25) is 0 Å². The fourth-order valence-electron chi connectivity index (χ4n) is 4.14. The lowest BCUT2D eigenvalue weighted by molar-refractivity contribution is 0.121. The van der Waals surface area contributed by atoms with Crippen molar-refractivity contribution in [3.63, 3.8) is 0 Å². The molecule has 2 aliphatic rings. The Labute approximate surface area is 128 Å². The van der Waals surface area contributed by atoms with E-state index >= 15 is 0 Å². The highest BCUT2D eigenvalue weighted by molar-refractivity contribution is 5.85. The van der Waals surface area contributed by atoms with Gasteiger partial charge < -0.3 is 4.74 Å². The Bertz CT molecular complexity index is 437. The minimum atomic E-state index is 0. The van der Waals surface area contributed by atoms with Crippen LogP contribution in [0.3, 0.4) is 0 Å². The van der Waals surface area contributed by atoms with Crippen LogP contribution < -0.4 is 4.74 Å². The van der Waals surface area contributed by atoms with Gasteiger partial charge in [-0.15, -0.1) is 12.4 Å². The van der Waals surface area contributed by atoms with E-state index in [2.05, 4.69) is 30.0 Å². The number of benzene rings is 1. The Kier molecular flexibility index (Phi) is 5.34. The molecule has 0 amide bonds. The molecule has 2 heterocycles. The quantitative estimate of drug-likeness (QED) is 0.824. The Morgan fingerprint density at radius 2 is 2.00 bits per heavy atom. The van der Waals surface area contributed by atoms with Gasteiger partial charge in [0.1, 0.15) is 5.75 Å². The molecule has 20 heavy (non-hydrogen) atoms. The zero-order chi connectivity index (χ0) is 13.2. The van der Waals surface area contributed by atoms with E-state index in [1.54, 1.807) is 7.11 Å². The van der Waals surface area contributed by atoms with Crippen LogP contribution in [0.4, 0.5) is 0 Å². The number of hydrogen-bond acceptors (Lipinski definition) is 2. The second-order valence-electron chi connectivity index (χ2n) is 6.00. The fourth-order valence-corrected chi connectivity index (χ4v) is 4.14. The second-order valence-corrected chi connectivity index (χ2v) is 6.00. The number of rotatable bonds is 4. The molecule has 3 heteroatoms. The van der Waals surface area contributed by atoms with E-state index in [1.165, 1.54) is 44.2 Å². The van der Waals surface area contributed by atoms with Crippen LogP contribution in [-0.4, -0.2) is 30.6 Å². The molecule has 1 aromatic rings. The predicted molar refractivity (Wildman–Crippen MR) is 86.0 cm³/mol. The summed E-state index contributed by atoms with van der Waals surface area (Å²) < 4.78 is 5.39. The molecular weight excluding hydrogens is 270 g/mol. The summed E-state index contributed by atoms with van der Waals surface area (Å²) in [5, 5.41) is 0. The highest BCUT2D eigenvalue weighted by atomic mass is 35.5. The molecule has 2 aliphatic heterocycles. The molecule has 3 unspecified atom stereocenters. The molecule has 2 bridgehead atoms. The molecule has 0 saturated carbocycles. The molecule has 2 saturated heterocycles. The van der Waals surface area contributed by atoms with Crippen molar-refractivity contribution in [2.75, 3.05) is 13.7 Å². The van der Waals surface area contributed by atoms with Gasteiger partial charge in [-0.05, 0) is 62.3 Å². The number of nitrogens with zero attached hydrogens (tertiary/aromatic N) is 1. The van der Waals surface area contributed by atoms with E-state index in [1.807, 2.05) is 6.07 Å². The summed E-state index contributed by atoms with van der Waals surface area (Å²) in [5.41, 5.74) is 1.48. The lowest BCUT2D eigenvalue weighted by Crippen LogP contribution is -2.44. The van der Waals surface area contributed by atoms with Crippen molar-refractivity contribution in [1.82, 2.24) is 4.90 Å². The lowest BCUT2D eigenvalue weighted by atomic mass is 9.84. The van der Waals surface area contributed by atoms with E-state index in [4.69, 9.17) is 4.74 Å². The number of methoxy groups -OCH3 is 1. The maximum atomic E-state index is 5.39. The normalized spacial score (nSPS) is 29.0. The maximum Gasteiger partial charge on any atom is 0.119 e. The van der Waals surface area contributed by atoms with Crippen molar-refractivity contribution in [2.45, 2.75) is 57.0 Å². The Hall–Kier alpha value is -0.730. The molecule has 0 radical (unpaired) electrons. The molecule has 1 aromatic carbocycles. The summed E-state index contributed by atoms with van der Waals surface area (Å²) in [6.07, 6.45) is 6.79. The summed E-state index contributed by atoms with van der Waals surface area (Å²) >= 11 is 0. The summed E-state index contributed by atoms with van der Waals surface area (Å²) in [5.74, 6) is 1.71. The highest BCUT2D eigenvalue weighted by Crippen LogP contribution is 2.44. The van der Waals surface area contributed by atoms with Crippen molar-refractivity contribution >= 4 is 12.4 Å². The minimum Gasteiger partial charge on any atom is -0.497 e. The van der Waals surface area contributed by atoms with Crippen LogP contribution in [0.5, 0.6) is 5.75 Å². The first-order valence-electron chi connectivity index (χ1n) is 7.73. The molecule has 2 nitrogen and oxygen atoms in total.